The molecule has 7 nitrogen and oxygen atoms in total. The van der Waals surface area contributed by atoms with E-state index in [1.165, 1.54) is 11.1 Å². The van der Waals surface area contributed by atoms with E-state index in [4.69, 9.17) is 10.5 Å². The first kappa shape index (κ1) is 20.9. The number of carbonyl (C=O) groups is 1. The van der Waals surface area contributed by atoms with Crippen LogP contribution in [0, 0.1) is 0 Å². The maximum Gasteiger partial charge on any atom is 0.261 e. The van der Waals surface area contributed by atoms with Gasteiger partial charge in [-0.1, -0.05) is 36.4 Å². The smallest absolute Gasteiger partial charge is 0.261 e. The molecule has 4 unspecified atom stereocenters. The molecular formula is C28H27N3O4. The van der Waals surface area contributed by atoms with E-state index in [1.807, 2.05) is 24.3 Å². The molecule has 1 saturated carbocycles. The topological polar surface area (TPSA) is 109 Å². The summed E-state index contributed by atoms with van der Waals surface area (Å²) in [6.45, 7) is 1.64. The molecule has 7 heteroatoms. The highest BCUT2D eigenvalue weighted by molar-refractivity contribution is 5.92. The molecule has 3 aliphatic carbocycles. The quantitative estimate of drug-likeness (QED) is 0.540. The molecule has 7 rings (SSSR count). The molecule has 4 aliphatic rings. The zero-order valence-electron chi connectivity index (χ0n) is 19.5. The first-order valence-electron chi connectivity index (χ1n) is 12.1. The number of nitrogens with zero attached hydrogens (tertiary/aromatic N) is 1. The van der Waals surface area contributed by atoms with E-state index in [2.05, 4.69) is 34.1 Å². The summed E-state index contributed by atoms with van der Waals surface area (Å²) in [5.74, 6) is 0.0139. The molecule has 1 aliphatic heterocycles. The maximum atomic E-state index is 12.7. The summed E-state index contributed by atoms with van der Waals surface area (Å²) in [6.07, 6.45) is 1.69. The van der Waals surface area contributed by atoms with E-state index < -0.39 is 22.5 Å². The number of aromatic amines is 1. The molecule has 2 aromatic carbocycles. The number of aliphatic hydroxyl groups is 1. The molecular weight excluding hydrogens is 442 g/mol. The van der Waals surface area contributed by atoms with Crippen LogP contribution < -0.4 is 16.0 Å². The first-order valence-corrected chi connectivity index (χ1v) is 12.1. The Kier molecular flexibility index (Phi) is 3.95. The van der Waals surface area contributed by atoms with Crippen molar-refractivity contribution < 1.29 is 14.6 Å². The normalized spacial score (nSPS) is 31.7. The molecule has 2 heterocycles. The minimum atomic E-state index is -1.06. The van der Waals surface area contributed by atoms with Crippen LogP contribution in [0.5, 0.6) is 5.75 Å². The van der Waals surface area contributed by atoms with Crippen molar-refractivity contribution >= 4 is 5.91 Å². The highest BCUT2D eigenvalue weighted by Gasteiger charge is 2.80. The van der Waals surface area contributed by atoms with Crippen LogP contribution in [0.4, 0.5) is 0 Å². The Hall–Kier alpha value is -3.42. The summed E-state index contributed by atoms with van der Waals surface area (Å²) in [7, 11) is 1.66. The Morgan fingerprint density at radius 1 is 1.17 bits per heavy atom. The van der Waals surface area contributed by atoms with Crippen molar-refractivity contribution in [1.82, 2.24) is 9.88 Å². The molecule has 2 bridgehead atoms. The van der Waals surface area contributed by atoms with Gasteiger partial charge in [0, 0.05) is 42.5 Å². The summed E-state index contributed by atoms with van der Waals surface area (Å²) < 4.78 is 5.56. The molecule has 2 fully saturated rings. The number of methoxy groups -OCH3 is 1. The second-order valence-corrected chi connectivity index (χ2v) is 10.8. The van der Waals surface area contributed by atoms with Crippen molar-refractivity contribution in [2.45, 2.75) is 48.3 Å². The van der Waals surface area contributed by atoms with E-state index in [1.54, 1.807) is 13.2 Å². The highest BCUT2D eigenvalue weighted by atomic mass is 16.5. The number of hydrogen-bond donors (Lipinski definition) is 3. The van der Waals surface area contributed by atoms with Crippen LogP contribution in [0.25, 0.3) is 0 Å². The summed E-state index contributed by atoms with van der Waals surface area (Å²) in [5, 5.41) is 12.7. The monoisotopic (exact) mass is 469 g/mol. The third kappa shape index (κ3) is 2.42. The third-order valence-corrected chi connectivity index (χ3v) is 9.20. The molecule has 3 aromatic rings. The molecule has 35 heavy (non-hydrogen) atoms. The van der Waals surface area contributed by atoms with Crippen molar-refractivity contribution in [3.63, 3.8) is 0 Å². The average molecular weight is 470 g/mol. The minimum absolute atomic E-state index is 0.0574. The van der Waals surface area contributed by atoms with Gasteiger partial charge in [-0.3, -0.25) is 14.5 Å². The lowest BCUT2D eigenvalue weighted by molar-refractivity contribution is -0.139. The van der Waals surface area contributed by atoms with Gasteiger partial charge in [-0.05, 0) is 46.9 Å². The van der Waals surface area contributed by atoms with Gasteiger partial charge in [0.05, 0.1) is 18.8 Å². The predicted molar refractivity (Wildman–Crippen MR) is 130 cm³/mol. The number of hydrogen-bond acceptors (Lipinski definition) is 5. The number of rotatable bonds is 4. The SMILES string of the molecule is COc1ccc2c(c1)C13Cc4[nH]c(=O)c(C(N)=O)cc4CC1(O)C1N(Cc4ccccc4)CC21C3. The number of amides is 1. The highest BCUT2D eigenvalue weighted by Crippen LogP contribution is 2.73. The van der Waals surface area contributed by atoms with Crippen LogP contribution in [0.3, 0.4) is 0 Å². The standard InChI is InChI=1S/C28H27N3O4/c1-35-18-7-8-20-21(10-18)27-12-22-17(9-19(23(29)32)24(33)30-22)11-28(27,34)25-26(20,14-27)15-31(25)13-16-5-3-2-4-6-16/h2-10,25,34H,11-15H2,1H3,(H2,29,32)(H,30,33). The molecule has 0 radical (unpaired) electrons. The molecule has 1 aromatic heterocycles. The number of fused-ring (bicyclic) bond motifs is 3. The molecule has 4 N–H and O–H groups in total. The number of primary amides is 1. The fourth-order valence-electron chi connectivity index (χ4n) is 8.02. The average Bonchev–Trinajstić information content (AvgIpc) is 3.21. The van der Waals surface area contributed by atoms with Crippen LogP contribution in [-0.2, 0) is 30.2 Å². The number of H-pyrrole nitrogens is 1. The van der Waals surface area contributed by atoms with Gasteiger partial charge in [0.15, 0.2) is 0 Å². The lowest BCUT2D eigenvalue weighted by Crippen LogP contribution is -2.75. The van der Waals surface area contributed by atoms with Gasteiger partial charge in [-0.2, -0.15) is 0 Å². The number of nitrogens with one attached hydrogen (secondary N) is 1. The van der Waals surface area contributed by atoms with Gasteiger partial charge in [0.25, 0.3) is 11.5 Å². The van der Waals surface area contributed by atoms with E-state index >= 15 is 0 Å². The van der Waals surface area contributed by atoms with E-state index in [-0.39, 0.29) is 17.0 Å². The van der Waals surface area contributed by atoms with Crippen molar-refractivity contribution in [2.75, 3.05) is 13.7 Å². The molecule has 1 saturated heterocycles. The second-order valence-electron chi connectivity index (χ2n) is 10.8. The zero-order valence-corrected chi connectivity index (χ0v) is 19.5. The summed E-state index contributed by atoms with van der Waals surface area (Å²) in [5.41, 5.74) is 8.40. The Morgan fingerprint density at radius 2 is 1.97 bits per heavy atom. The molecule has 178 valence electrons. The van der Waals surface area contributed by atoms with Crippen molar-refractivity contribution in [3.8, 4) is 5.75 Å². The third-order valence-electron chi connectivity index (χ3n) is 9.20. The number of nitrogens with two attached hydrogens (primary N) is 1. The fourth-order valence-corrected chi connectivity index (χ4v) is 8.02. The van der Waals surface area contributed by atoms with Crippen LogP contribution in [0.2, 0.25) is 0 Å². The minimum Gasteiger partial charge on any atom is -0.497 e. The second kappa shape index (κ2) is 6.62. The Labute approximate surface area is 202 Å². The Bertz CT molecular complexity index is 1470. The van der Waals surface area contributed by atoms with Gasteiger partial charge in [-0.25, -0.2) is 0 Å². The van der Waals surface area contributed by atoms with Crippen LogP contribution in [-0.4, -0.2) is 46.2 Å². The lowest BCUT2D eigenvalue weighted by Gasteiger charge is -2.62. The van der Waals surface area contributed by atoms with E-state index in [0.717, 1.165) is 42.1 Å². The Balaban J connectivity index is 1.41. The van der Waals surface area contributed by atoms with E-state index in [0.29, 0.717) is 12.8 Å². The Morgan fingerprint density at radius 3 is 2.71 bits per heavy atom. The largest absolute Gasteiger partial charge is 0.497 e. The van der Waals surface area contributed by atoms with Crippen molar-refractivity contribution in [3.05, 3.63) is 98.5 Å². The lowest BCUT2D eigenvalue weighted by atomic mass is 9.55. The van der Waals surface area contributed by atoms with Gasteiger partial charge < -0.3 is 20.6 Å². The van der Waals surface area contributed by atoms with Crippen molar-refractivity contribution in [1.29, 1.82) is 0 Å². The number of benzene rings is 2. The molecule has 1 amide bonds. The number of likely N-dealkylation sites (tertiary alicyclic amines) is 1. The number of aromatic nitrogens is 1. The number of pyridine rings is 1. The maximum absolute atomic E-state index is 12.7. The van der Waals surface area contributed by atoms with Crippen molar-refractivity contribution in [2.24, 2.45) is 5.73 Å². The fraction of sp³-hybridized carbons (Fsp3) is 0.357. The molecule has 2 spiro atoms. The van der Waals surface area contributed by atoms with Gasteiger partial charge in [0.2, 0.25) is 0 Å². The van der Waals surface area contributed by atoms with Crippen LogP contribution in [0.1, 0.15) is 44.7 Å². The van der Waals surface area contributed by atoms with E-state index in [9.17, 15) is 14.7 Å². The van der Waals surface area contributed by atoms with Gasteiger partial charge >= 0.3 is 0 Å². The van der Waals surface area contributed by atoms with Crippen LogP contribution in [0.15, 0.2) is 59.4 Å². The number of carbonyl (C=O) groups excluding carboxylic acids is 1. The predicted octanol–water partition coefficient (Wildman–Crippen LogP) is 1.79. The zero-order chi connectivity index (χ0) is 24.2. The van der Waals surface area contributed by atoms with Crippen LogP contribution >= 0.6 is 0 Å². The van der Waals surface area contributed by atoms with Gasteiger partial charge in [-0.15, -0.1) is 0 Å². The number of ether oxygens (including phenoxy) is 1. The molecule has 4 atom stereocenters. The van der Waals surface area contributed by atoms with Gasteiger partial charge in [0.1, 0.15) is 11.3 Å². The summed E-state index contributed by atoms with van der Waals surface area (Å²) in [4.78, 5) is 29.8. The summed E-state index contributed by atoms with van der Waals surface area (Å²) in [6, 6.07) is 18.1. The summed E-state index contributed by atoms with van der Waals surface area (Å²) >= 11 is 0. The first-order chi connectivity index (χ1) is 16.8.